The van der Waals surface area contributed by atoms with E-state index in [9.17, 15) is 33.8 Å². The first-order chi connectivity index (χ1) is 20.1. The van der Waals surface area contributed by atoms with Gasteiger partial charge in [0.2, 0.25) is 0 Å². The van der Waals surface area contributed by atoms with Gasteiger partial charge in [0, 0.05) is 11.8 Å². The summed E-state index contributed by atoms with van der Waals surface area (Å²) in [7, 11) is 0. The van der Waals surface area contributed by atoms with Crippen LogP contribution in [-0.2, 0) is 4.74 Å². The number of aryl methyl sites for hydroxylation is 2. The molecule has 2 aromatic carbocycles. The van der Waals surface area contributed by atoms with Crippen molar-refractivity contribution in [2.24, 2.45) is 0 Å². The van der Waals surface area contributed by atoms with E-state index in [2.05, 4.69) is 26.2 Å². The second-order valence-corrected chi connectivity index (χ2v) is 11.1. The number of benzene rings is 2. The highest BCUT2D eigenvalue weighted by Crippen LogP contribution is 2.39. The lowest BCUT2D eigenvalue weighted by Gasteiger charge is -2.41. The molecule has 0 aliphatic carbocycles. The second kappa shape index (κ2) is 10.6. The van der Waals surface area contributed by atoms with E-state index in [4.69, 9.17) is 4.74 Å². The molecular formula is C27H22F3N7O4S. The smallest absolute Gasteiger partial charge is 0.194 e. The molecule has 3 N–H and O–H groups in total. The van der Waals surface area contributed by atoms with Crippen LogP contribution in [0, 0.1) is 42.6 Å². The van der Waals surface area contributed by atoms with Crippen LogP contribution < -0.4 is 0 Å². The summed E-state index contributed by atoms with van der Waals surface area (Å²) in [5, 5.41) is 51.8. The van der Waals surface area contributed by atoms with E-state index in [-0.39, 0.29) is 17.0 Å². The lowest BCUT2D eigenvalue weighted by Crippen LogP contribution is -2.53. The Hall–Kier alpha value is -4.20. The van der Waals surface area contributed by atoms with Gasteiger partial charge in [0.05, 0.1) is 39.3 Å². The first kappa shape index (κ1) is 27.9. The van der Waals surface area contributed by atoms with Crippen LogP contribution in [0.5, 0.6) is 0 Å². The Morgan fingerprint density at radius 1 is 1.05 bits per heavy atom. The quantitative estimate of drug-likeness (QED) is 0.259. The minimum absolute atomic E-state index is 0.0127. The average molecular weight is 598 g/mol. The van der Waals surface area contributed by atoms with Gasteiger partial charge in [-0.3, -0.25) is 4.68 Å². The zero-order valence-corrected chi connectivity index (χ0v) is 22.8. The molecule has 15 heteroatoms. The molecular weight excluding hydrogens is 575 g/mol. The van der Waals surface area contributed by atoms with E-state index in [1.807, 2.05) is 6.92 Å². The molecule has 0 radical (unpaired) electrons. The first-order valence-corrected chi connectivity index (χ1v) is 13.5. The second-order valence-electron chi connectivity index (χ2n) is 9.83. The summed E-state index contributed by atoms with van der Waals surface area (Å²) < 4.78 is 50.5. The molecule has 1 fully saturated rings. The van der Waals surface area contributed by atoms with Gasteiger partial charge in [-0.2, -0.15) is 15.5 Å². The number of thiazole rings is 1. The Morgan fingerprint density at radius 2 is 1.79 bits per heavy atom. The van der Waals surface area contributed by atoms with Crippen molar-refractivity contribution < 1.29 is 33.2 Å². The molecule has 6 rings (SSSR count). The fourth-order valence-corrected chi connectivity index (χ4v) is 6.03. The van der Waals surface area contributed by atoms with Crippen LogP contribution >= 0.6 is 11.3 Å². The van der Waals surface area contributed by atoms with E-state index in [0.29, 0.717) is 22.6 Å². The van der Waals surface area contributed by atoms with Crippen molar-refractivity contribution in [3.8, 4) is 22.9 Å². The van der Waals surface area contributed by atoms with Crippen molar-refractivity contribution in [1.29, 1.82) is 5.26 Å². The third kappa shape index (κ3) is 4.63. The van der Waals surface area contributed by atoms with Crippen molar-refractivity contribution in [2.75, 3.05) is 6.61 Å². The normalized spacial score (nSPS) is 22.5. The Labute approximate surface area is 239 Å². The number of fused-ring (bicyclic) bond motifs is 1. The molecule has 1 saturated heterocycles. The monoisotopic (exact) mass is 597 g/mol. The molecule has 0 saturated carbocycles. The van der Waals surface area contributed by atoms with Gasteiger partial charge in [-0.15, -0.1) is 11.3 Å². The highest BCUT2D eigenvalue weighted by molar-refractivity contribution is 7.18. The molecule has 42 heavy (non-hydrogen) atoms. The van der Waals surface area contributed by atoms with Crippen molar-refractivity contribution >= 4 is 21.6 Å². The van der Waals surface area contributed by atoms with E-state index >= 15 is 0 Å². The van der Waals surface area contributed by atoms with Crippen molar-refractivity contribution in [3.63, 3.8) is 0 Å². The highest BCUT2D eigenvalue weighted by Gasteiger charge is 2.48. The van der Waals surface area contributed by atoms with E-state index < -0.39 is 54.5 Å². The minimum Gasteiger partial charge on any atom is -0.394 e. The van der Waals surface area contributed by atoms with Crippen LogP contribution in [0.25, 0.3) is 27.0 Å². The SMILES string of the molecule is Cc1nc([C@@H]2OC(CO)[C@H](O)C(n3cc(-c4cc(F)c(F)c(F)c4)cn3)[C@@H]2O)n(-c2cc(C#N)c3nc(C)sc3c2)n1. The van der Waals surface area contributed by atoms with Gasteiger partial charge in [-0.25, -0.2) is 27.8 Å². The largest absolute Gasteiger partial charge is 0.394 e. The number of aliphatic hydroxyl groups excluding tert-OH is 3. The van der Waals surface area contributed by atoms with Gasteiger partial charge >= 0.3 is 0 Å². The Balaban J connectivity index is 1.41. The Bertz CT molecular complexity index is 1840. The lowest BCUT2D eigenvalue weighted by atomic mass is 9.92. The lowest BCUT2D eigenvalue weighted by molar-refractivity contribution is -0.210. The third-order valence-corrected chi connectivity index (χ3v) is 7.98. The molecule has 0 amide bonds. The third-order valence-electron chi connectivity index (χ3n) is 7.06. The summed E-state index contributed by atoms with van der Waals surface area (Å²) in [6.45, 7) is 2.83. The number of ether oxygens (including phenoxy) is 1. The molecule has 4 heterocycles. The predicted molar refractivity (Wildman–Crippen MR) is 142 cm³/mol. The van der Waals surface area contributed by atoms with Gasteiger partial charge < -0.3 is 20.1 Å². The molecule has 5 aromatic rings. The fourth-order valence-electron chi connectivity index (χ4n) is 5.14. The number of aromatic nitrogens is 6. The molecule has 1 aliphatic rings. The Morgan fingerprint density at radius 3 is 2.48 bits per heavy atom. The van der Waals surface area contributed by atoms with Crippen LogP contribution in [0.4, 0.5) is 13.2 Å². The first-order valence-electron chi connectivity index (χ1n) is 12.7. The van der Waals surface area contributed by atoms with Crippen LogP contribution in [0.2, 0.25) is 0 Å². The standard InChI is InChI=1S/C27H22F3N7O4S/c1-11-33-27(37(35-11)16-3-14(7-31)22-20(6-16)42-12(2)34-22)26-25(40)23(24(39)19(10-38)41-26)36-9-15(8-32-36)13-4-17(28)21(30)18(29)5-13/h3-6,8-9,19,23-26,38-40H,10H2,1-2H3/t19?,23?,24-,25-,26+/m0/s1. The number of nitrogens with zero attached hydrogens (tertiary/aromatic N) is 7. The molecule has 1 aliphatic heterocycles. The topological polar surface area (TPSA) is 155 Å². The summed E-state index contributed by atoms with van der Waals surface area (Å²) in [6, 6.07) is 5.91. The zero-order valence-electron chi connectivity index (χ0n) is 22.0. The molecule has 0 spiro atoms. The van der Waals surface area contributed by atoms with Gasteiger partial charge in [0.25, 0.3) is 0 Å². The number of aliphatic hydroxyl groups is 3. The summed E-state index contributed by atoms with van der Waals surface area (Å²) in [5.41, 5.74) is 1.50. The van der Waals surface area contributed by atoms with Crippen molar-refractivity contribution in [1.82, 2.24) is 29.5 Å². The number of nitriles is 1. The maximum absolute atomic E-state index is 13.9. The van der Waals surface area contributed by atoms with E-state index in [1.54, 1.807) is 19.1 Å². The number of hydrogen-bond donors (Lipinski definition) is 3. The molecule has 3 aromatic heterocycles. The maximum atomic E-state index is 13.9. The number of hydrogen-bond acceptors (Lipinski definition) is 10. The highest BCUT2D eigenvalue weighted by atomic mass is 32.1. The predicted octanol–water partition coefficient (Wildman–Crippen LogP) is 3.04. The van der Waals surface area contributed by atoms with Gasteiger partial charge in [0.15, 0.2) is 23.3 Å². The Kier molecular flexibility index (Phi) is 7.03. The molecule has 11 nitrogen and oxygen atoms in total. The average Bonchev–Trinajstić information content (AvgIpc) is 3.69. The molecule has 0 bridgehead atoms. The summed E-state index contributed by atoms with van der Waals surface area (Å²) in [5.74, 6) is -3.92. The van der Waals surface area contributed by atoms with Gasteiger partial charge in [0.1, 0.15) is 42.4 Å². The molecule has 2 unspecified atom stereocenters. The zero-order chi connectivity index (χ0) is 29.9. The van der Waals surface area contributed by atoms with Crippen molar-refractivity contribution in [3.05, 3.63) is 76.3 Å². The summed E-state index contributed by atoms with van der Waals surface area (Å²) in [6.07, 6.45) is -2.83. The molecule has 5 atom stereocenters. The summed E-state index contributed by atoms with van der Waals surface area (Å²) >= 11 is 1.39. The number of rotatable bonds is 5. The van der Waals surface area contributed by atoms with E-state index in [0.717, 1.165) is 21.8 Å². The van der Waals surface area contributed by atoms with Crippen LogP contribution in [0.15, 0.2) is 36.7 Å². The number of halogens is 3. The van der Waals surface area contributed by atoms with Crippen molar-refractivity contribution in [2.45, 2.75) is 44.3 Å². The van der Waals surface area contributed by atoms with Crippen LogP contribution in [0.1, 0.15) is 34.4 Å². The summed E-state index contributed by atoms with van der Waals surface area (Å²) in [4.78, 5) is 8.88. The van der Waals surface area contributed by atoms with E-state index in [1.165, 1.54) is 33.1 Å². The maximum Gasteiger partial charge on any atom is 0.194 e. The minimum atomic E-state index is -1.61. The van der Waals surface area contributed by atoms with Crippen LogP contribution in [-0.4, -0.2) is 69.8 Å². The van der Waals surface area contributed by atoms with Gasteiger partial charge in [-0.05, 0) is 43.7 Å². The molecule has 216 valence electrons. The van der Waals surface area contributed by atoms with Crippen LogP contribution in [0.3, 0.4) is 0 Å². The fraction of sp³-hybridized carbons (Fsp3) is 0.296. The van der Waals surface area contributed by atoms with Gasteiger partial charge in [-0.1, -0.05) is 0 Å².